The van der Waals surface area contributed by atoms with Crippen molar-refractivity contribution < 1.29 is 14.6 Å². The van der Waals surface area contributed by atoms with Crippen LogP contribution < -0.4 is 9.47 Å². The maximum atomic E-state index is 10.6. The van der Waals surface area contributed by atoms with E-state index in [9.17, 15) is 5.11 Å². The fourth-order valence-electron chi connectivity index (χ4n) is 3.97. The van der Waals surface area contributed by atoms with Crippen LogP contribution in [0.2, 0.25) is 0 Å². The highest BCUT2D eigenvalue weighted by Gasteiger charge is 2.33. The largest absolute Gasteiger partial charge is 0.454 e. The summed E-state index contributed by atoms with van der Waals surface area (Å²) in [7, 11) is 2.11. The average molecular weight is 307 g/mol. The zero-order chi connectivity index (χ0) is 15.6. The molecule has 4 nitrogen and oxygen atoms in total. The third-order valence-corrected chi connectivity index (χ3v) is 4.97. The molecular formula is C19H17NO3. The van der Waals surface area contributed by atoms with Crippen LogP contribution in [-0.2, 0) is 6.54 Å². The van der Waals surface area contributed by atoms with Crippen LogP contribution in [0.3, 0.4) is 0 Å². The molecule has 0 fully saturated rings. The molecule has 1 atom stereocenters. The van der Waals surface area contributed by atoms with E-state index < -0.39 is 6.10 Å². The summed E-state index contributed by atoms with van der Waals surface area (Å²) in [6.07, 6.45) is 0.165. The lowest BCUT2D eigenvalue weighted by Crippen LogP contribution is -2.27. The maximum Gasteiger partial charge on any atom is 0.231 e. The zero-order valence-corrected chi connectivity index (χ0v) is 12.9. The van der Waals surface area contributed by atoms with Crippen LogP contribution in [0.4, 0.5) is 0 Å². The summed E-state index contributed by atoms with van der Waals surface area (Å²) < 4.78 is 11.1. The summed E-state index contributed by atoms with van der Waals surface area (Å²) in [4.78, 5) is 2.27. The van der Waals surface area contributed by atoms with Gasteiger partial charge < -0.3 is 19.5 Å². The van der Waals surface area contributed by atoms with Crippen LogP contribution in [0.15, 0.2) is 36.4 Å². The molecule has 1 unspecified atom stereocenters. The maximum absolute atomic E-state index is 10.6. The van der Waals surface area contributed by atoms with Crippen molar-refractivity contribution >= 4 is 11.3 Å². The highest BCUT2D eigenvalue weighted by molar-refractivity contribution is 5.95. The fraction of sp³-hybridized carbons (Fsp3) is 0.263. The minimum absolute atomic E-state index is 0.283. The van der Waals surface area contributed by atoms with Crippen molar-refractivity contribution in [1.29, 1.82) is 0 Å². The Kier molecular flexibility index (Phi) is 2.56. The second-order valence-electron chi connectivity index (χ2n) is 6.35. The Bertz CT molecular complexity index is 856. The molecule has 2 aliphatic heterocycles. The second kappa shape index (κ2) is 4.52. The van der Waals surface area contributed by atoms with E-state index in [4.69, 9.17) is 9.47 Å². The smallest absolute Gasteiger partial charge is 0.231 e. The van der Waals surface area contributed by atoms with Gasteiger partial charge in [0.2, 0.25) is 6.79 Å². The second-order valence-corrected chi connectivity index (χ2v) is 6.35. The Hall–Kier alpha value is -2.46. The number of rotatable bonds is 0. The summed E-state index contributed by atoms with van der Waals surface area (Å²) in [5.74, 6) is 1.62. The molecular weight excluding hydrogens is 290 g/mol. The standard InChI is InChI=1S/C19H17NO3/c1-20-9-11-6-17-18(23-10-22-17)8-14(11)15-7-16(21)12-4-2-3-5-13(12)19(15)20/h2-6,8,16,21H,7,9-10H2,1H3. The minimum Gasteiger partial charge on any atom is -0.454 e. The number of hydrogen-bond donors (Lipinski definition) is 1. The normalized spacial score (nSPS) is 21.0. The lowest BCUT2D eigenvalue weighted by molar-refractivity contribution is 0.174. The first-order valence-electron chi connectivity index (χ1n) is 7.87. The van der Waals surface area contributed by atoms with E-state index in [0.717, 1.165) is 29.2 Å². The van der Waals surface area contributed by atoms with E-state index in [-0.39, 0.29) is 6.79 Å². The number of nitrogens with zero attached hydrogens (tertiary/aromatic N) is 1. The molecule has 0 bridgehead atoms. The lowest BCUT2D eigenvalue weighted by Gasteiger charge is -2.37. The van der Waals surface area contributed by atoms with Gasteiger partial charge in [-0.05, 0) is 34.4 Å². The molecule has 3 aliphatic rings. The van der Waals surface area contributed by atoms with Gasteiger partial charge in [-0.3, -0.25) is 0 Å². The molecule has 0 amide bonds. The van der Waals surface area contributed by atoms with Crippen LogP contribution in [-0.4, -0.2) is 23.8 Å². The van der Waals surface area contributed by atoms with Crippen LogP contribution >= 0.6 is 0 Å². The van der Waals surface area contributed by atoms with E-state index in [2.05, 4.69) is 30.1 Å². The number of aliphatic hydroxyl groups excluding tert-OH is 1. The summed E-state index contributed by atoms with van der Waals surface area (Å²) in [6, 6.07) is 12.3. The Morgan fingerprint density at radius 1 is 1.09 bits per heavy atom. The van der Waals surface area contributed by atoms with Gasteiger partial charge in [0.15, 0.2) is 11.5 Å². The Morgan fingerprint density at radius 3 is 2.74 bits per heavy atom. The summed E-state index contributed by atoms with van der Waals surface area (Å²) in [5, 5.41) is 10.6. The third-order valence-electron chi connectivity index (χ3n) is 4.97. The summed E-state index contributed by atoms with van der Waals surface area (Å²) in [6.45, 7) is 1.11. The molecule has 2 heterocycles. The van der Waals surface area contributed by atoms with Crippen molar-refractivity contribution in [3.05, 3.63) is 58.7 Å². The predicted octanol–water partition coefficient (Wildman–Crippen LogP) is 3.17. The molecule has 0 radical (unpaired) electrons. The molecule has 0 saturated carbocycles. The first kappa shape index (κ1) is 13.0. The monoisotopic (exact) mass is 307 g/mol. The summed E-state index contributed by atoms with van der Waals surface area (Å²) >= 11 is 0. The molecule has 0 aromatic heterocycles. The Morgan fingerprint density at radius 2 is 1.87 bits per heavy atom. The third kappa shape index (κ3) is 1.75. The highest BCUT2D eigenvalue weighted by Crippen LogP contribution is 2.49. The quantitative estimate of drug-likeness (QED) is 0.812. The summed E-state index contributed by atoms with van der Waals surface area (Å²) in [5.41, 5.74) is 6.96. The van der Waals surface area contributed by atoms with Gasteiger partial charge in [0.25, 0.3) is 0 Å². The highest BCUT2D eigenvalue weighted by atomic mass is 16.7. The van der Waals surface area contributed by atoms with Gasteiger partial charge in [0.1, 0.15) is 0 Å². The number of benzene rings is 2. The molecule has 1 aliphatic carbocycles. The molecule has 23 heavy (non-hydrogen) atoms. The van der Waals surface area contributed by atoms with Crippen molar-refractivity contribution in [1.82, 2.24) is 4.90 Å². The van der Waals surface area contributed by atoms with Gasteiger partial charge >= 0.3 is 0 Å². The number of fused-ring (bicyclic) bond motifs is 5. The van der Waals surface area contributed by atoms with E-state index in [0.29, 0.717) is 6.42 Å². The van der Waals surface area contributed by atoms with E-state index in [1.165, 1.54) is 22.4 Å². The molecule has 2 aromatic carbocycles. The predicted molar refractivity (Wildman–Crippen MR) is 86.9 cm³/mol. The van der Waals surface area contributed by atoms with Crippen LogP contribution in [0, 0.1) is 0 Å². The van der Waals surface area contributed by atoms with Gasteiger partial charge in [-0.15, -0.1) is 0 Å². The van der Waals surface area contributed by atoms with Crippen molar-refractivity contribution in [3.8, 4) is 11.5 Å². The fourth-order valence-corrected chi connectivity index (χ4v) is 3.97. The molecule has 4 heteroatoms. The number of hydrogen-bond acceptors (Lipinski definition) is 4. The lowest BCUT2D eigenvalue weighted by atomic mass is 9.80. The van der Waals surface area contributed by atoms with E-state index >= 15 is 0 Å². The van der Waals surface area contributed by atoms with Crippen LogP contribution in [0.25, 0.3) is 11.3 Å². The molecule has 0 saturated heterocycles. The van der Waals surface area contributed by atoms with Crippen molar-refractivity contribution in [2.24, 2.45) is 0 Å². The first-order chi connectivity index (χ1) is 11.2. The van der Waals surface area contributed by atoms with Crippen molar-refractivity contribution in [2.45, 2.75) is 19.1 Å². The minimum atomic E-state index is -0.463. The average Bonchev–Trinajstić information content (AvgIpc) is 3.00. The van der Waals surface area contributed by atoms with Crippen LogP contribution in [0.5, 0.6) is 11.5 Å². The van der Waals surface area contributed by atoms with Gasteiger partial charge in [-0.2, -0.15) is 0 Å². The topological polar surface area (TPSA) is 41.9 Å². The molecule has 116 valence electrons. The van der Waals surface area contributed by atoms with Gasteiger partial charge in [-0.1, -0.05) is 24.3 Å². The zero-order valence-electron chi connectivity index (χ0n) is 12.9. The van der Waals surface area contributed by atoms with Gasteiger partial charge in [-0.25, -0.2) is 0 Å². The van der Waals surface area contributed by atoms with Crippen LogP contribution in [0.1, 0.15) is 34.8 Å². The SMILES string of the molecule is CN1Cc2cc3c(cc2C2=C1c1ccccc1C(O)C2)OCO3. The Balaban J connectivity index is 1.77. The first-order valence-corrected chi connectivity index (χ1v) is 7.87. The number of ether oxygens (including phenoxy) is 2. The van der Waals surface area contributed by atoms with Crippen molar-refractivity contribution in [2.75, 3.05) is 13.8 Å². The molecule has 1 N–H and O–H groups in total. The van der Waals surface area contributed by atoms with Crippen molar-refractivity contribution in [3.63, 3.8) is 0 Å². The molecule has 2 aromatic rings. The molecule has 0 spiro atoms. The van der Waals surface area contributed by atoms with E-state index in [1.807, 2.05) is 18.2 Å². The van der Waals surface area contributed by atoms with E-state index in [1.54, 1.807) is 0 Å². The number of aliphatic hydroxyl groups is 1. The van der Waals surface area contributed by atoms with Gasteiger partial charge in [0, 0.05) is 31.3 Å². The molecule has 5 rings (SSSR count). The Labute approximate surface area is 134 Å². The van der Waals surface area contributed by atoms with Gasteiger partial charge in [0.05, 0.1) is 6.10 Å².